The lowest BCUT2D eigenvalue weighted by molar-refractivity contribution is 0.0552. The Morgan fingerprint density at radius 1 is 1.08 bits per heavy atom. The van der Waals surface area contributed by atoms with Crippen LogP contribution in [0.3, 0.4) is 0 Å². The molecule has 5 nitrogen and oxygen atoms in total. The number of carbonyl (C=O) groups is 1. The average molecular weight is 350 g/mol. The molecule has 0 bridgehead atoms. The van der Waals surface area contributed by atoms with Gasteiger partial charge in [0.05, 0.1) is 5.56 Å². The number of carbonyl (C=O) groups excluding carboxylic acids is 1. The van der Waals surface area contributed by atoms with E-state index in [1.807, 2.05) is 11.8 Å². The van der Waals surface area contributed by atoms with Gasteiger partial charge in [0, 0.05) is 51.0 Å². The molecule has 26 heavy (non-hydrogen) atoms. The molecule has 1 aliphatic heterocycles. The highest BCUT2D eigenvalue weighted by atomic mass is 16.2. The molecule has 0 unspecified atom stereocenters. The van der Waals surface area contributed by atoms with Crippen molar-refractivity contribution in [2.24, 2.45) is 0 Å². The SMILES string of the molecule is CCc1ncc(C(=O)N2CCN([C@H]3CCc4ccccc4C3)CC2)cn1. The van der Waals surface area contributed by atoms with E-state index in [9.17, 15) is 4.79 Å². The number of rotatable bonds is 3. The average Bonchev–Trinajstić information content (AvgIpc) is 2.73. The number of hydrogen-bond acceptors (Lipinski definition) is 4. The summed E-state index contributed by atoms with van der Waals surface area (Å²) in [6, 6.07) is 9.41. The van der Waals surface area contributed by atoms with Crippen molar-refractivity contribution in [3.05, 3.63) is 59.2 Å². The van der Waals surface area contributed by atoms with E-state index in [-0.39, 0.29) is 5.91 Å². The number of hydrogen-bond donors (Lipinski definition) is 0. The molecule has 0 saturated carbocycles. The Labute approximate surface area is 155 Å². The number of aromatic nitrogens is 2. The summed E-state index contributed by atoms with van der Waals surface area (Å²) in [5.41, 5.74) is 3.60. The number of nitrogens with zero attached hydrogens (tertiary/aromatic N) is 4. The fourth-order valence-corrected chi connectivity index (χ4v) is 4.11. The van der Waals surface area contributed by atoms with Gasteiger partial charge in [0.15, 0.2) is 0 Å². The summed E-state index contributed by atoms with van der Waals surface area (Å²) in [4.78, 5) is 25.7. The highest BCUT2D eigenvalue weighted by molar-refractivity contribution is 5.93. The summed E-state index contributed by atoms with van der Waals surface area (Å²) >= 11 is 0. The number of fused-ring (bicyclic) bond motifs is 1. The van der Waals surface area contributed by atoms with Crippen molar-refractivity contribution in [1.82, 2.24) is 19.8 Å². The molecular weight excluding hydrogens is 324 g/mol. The topological polar surface area (TPSA) is 49.3 Å². The van der Waals surface area contributed by atoms with Crippen LogP contribution in [0.5, 0.6) is 0 Å². The summed E-state index contributed by atoms with van der Waals surface area (Å²) in [7, 11) is 0. The molecule has 2 aromatic rings. The minimum atomic E-state index is 0.0568. The Morgan fingerprint density at radius 2 is 1.77 bits per heavy atom. The van der Waals surface area contributed by atoms with Crippen molar-refractivity contribution in [3.63, 3.8) is 0 Å². The van der Waals surface area contributed by atoms with Gasteiger partial charge in [-0.05, 0) is 30.4 Å². The zero-order chi connectivity index (χ0) is 17.9. The summed E-state index contributed by atoms with van der Waals surface area (Å²) in [6.45, 7) is 5.48. The third-order valence-electron chi connectivity index (χ3n) is 5.71. The highest BCUT2D eigenvalue weighted by Crippen LogP contribution is 2.25. The van der Waals surface area contributed by atoms with Crippen molar-refractivity contribution in [2.75, 3.05) is 26.2 Å². The zero-order valence-corrected chi connectivity index (χ0v) is 15.4. The van der Waals surface area contributed by atoms with Crippen molar-refractivity contribution < 1.29 is 4.79 Å². The lowest BCUT2D eigenvalue weighted by atomic mass is 9.87. The fraction of sp³-hybridized carbons (Fsp3) is 0.476. The molecule has 1 aromatic heterocycles. The number of piperazine rings is 1. The molecule has 0 radical (unpaired) electrons. The van der Waals surface area contributed by atoms with Crippen LogP contribution >= 0.6 is 0 Å². The Bertz CT molecular complexity index is 766. The Balaban J connectivity index is 1.34. The molecule has 1 aromatic carbocycles. The molecule has 4 rings (SSSR count). The highest BCUT2D eigenvalue weighted by Gasteiger charge is 2.29. The second-order valence-corrected chi connectivity index (χ2v) is 7.24. The molecule has 2 aliphatic rings. The number of benzene rings is 1. The van der Waals surface area contributed by atoms with Crippen molar-refractivity contribution >= 4 is 5.91 Å². The summed E-state index contributed by atoms with van der Waals surface area (Å²) < 4.78 is 0. The van der Waals surface area contributed by atoms with E-state index in [2.05, 4.69) is 39.1 Å². The van der Waals surface area contributed by atoms with E-state index in [0.717, 1.165) is 44.8 Å². The predicted octanol–water partition coefficient (Wildman–Crippen LogP) is 2.35. The van der Waals surface area contributed by atoms with Crippen LogP contribution in [0.25, 0.3) is 0 Å². The fourth-order valence-electron chi connectivity index (χ4n) is 4.11. The van der Waals surface area contributed by atoms with Crippen LogP contribution in [0, 0.1) is 0 Å². The van der Waals surface area contributed by atoms with Crippen molar-refractivity contribution in [3.8, 4) is 0 Å². The quantitative estimate of drug-likeness (QED) is 0.853. The minimum Gasteiger partial charge on any atom is -0.336 e. The first kappa shape index (κ1) is 17.2. The van der Waals surface area contributed by atoms with E-state index in [1.165, 1.54) is 24.0 Å². The van der Waals surface area contributed by atoms with Gasteiger partial charge in [0.25, 0.3) is 5.91 Å². The smallest absolute Gasteiger partial charge is 0.257 e. The van der Waals surface area contributed by atoms with Crippen LogP contribution < -0.4 is 0 Å². The molecule has 1 fully saturated rings. The van der Waals surface area contributed by atoms with Gasteiger partial charge in [-0.25, -0.2) is 9.97 Å². The van der Waals surface area contributed by atoms with E-state index in [0.29, 0.717) is 11.6 Å². The number of aryl methyl sites for hydroxylation is 2. The summed E-state index contributed by atoms with van der Waals surface area (Å²) in [6.07, 6.45) is 7.64. The zero-order valence-electron chi connectivity index (χ0n) is 15.4. The first-order chi connectivity index (χ1) is 12.7. The van der Waals surface area contributed by atoms with Gasteiger partial charge in [-0.3, -0.25) is 9.69 Å². The molecule has 1 aliphatic carbocycles. The van der Waals surface area contributed by atoms with Crippen LogP contribution in [0.1, 0.15) is 40.7 Å². The van der Waals surface area contributed by atoms with Crippen molar-refractivity contribution in [1.29, 1.82) is 0 Å². The van der Waals surface area contributed by atoms with Crippen molar-refractivity contribution in [2.45, 2.75) is 38.6 Å². The van der Waals surface area contributed by atoms with Gasteiger partial charge in [0.1, 0.15) is 5.82 Å². The molecule has 5 heteroatoms. The minimum absolute atomic E-state index is 0.0568. The maximum atomic E-state index is 12.7. The van der Waals surface area contributed by atoms with Crippen LogP contribution in [0.2, 0.25) is 0 Å². The second-order valence-electron chi connectivity index (χ2n) is 7.24. The van der Waals surface area contributed by atoms with E-state index < -0.39 is 0 Å². The van der Waals surface area contributed by atoms with Gasteiger partial charge >= 0.3 is 0 Å². The molecule has 0 spiro atoms. The first-order valence-electron chi connectivity index (χ1n) is 9.65. The summed E-state index contributed by atoms with van der Waals surface area (Å²) in [5.74, 6) is 0.838. The predicted molar refractivity (Wildman–Crippen MR) is 101 cm³/mol. The first-order valence-corrected chi connectivity index (χ1v) is 9.65. The van der Waals surface area contributed by atoms with E-state index >= 15 is 0 Å². The molecule has 1 atom stereocenters. The Morgan fingerprint density at radius 3 is 2.46 bits per heavy atom. The maximum Gasteiger partial charge on any atom is 0.257 e. The lowest BCUT2D eigenvalue weighted by Crippen LogP contribution is -2.53. The summed E-state index contributed by atoms with van der Waals surface area (Å²) in [5, 5.41) is 0. The maximum absolute atomic E-state index is 12.7. The van der Waals surface area contributed by atoms with Gasteiger partial charge in [-0.1, -0.05) is 31.2 Å². The number of amides is 1. The van der Waals surface area contributed by atoms with Gasteiger partial charge < -0.3 is 4.90 Å². The monoisotopic (exact) mass is 350 g/mol. The van der Waals surface area contributed by atoms with E-state index in [4.69, 9.17) is 0 Å². The third kappa shape index (κ3) is 3.49. The van der Waals surface area contributed by atoms with Gasteiger partial charge in [-0.15, -0.1) is 0 Å². The molecular formula is C21H26N4O. The molecule has 1 amide bonds. The van der Waals surface area contributed by atoms with Crippen LogP contribution in [0.15, 0.2) is 36.7 Å². The molecule has 1 saturated heterocycles. The molecule has 136 valence electrons. The normalized spacial score (nSPS) is 20.7. The molecule has 0 N–H and O–H groups in total. The van der Waals surface area contributed by atoms with E-state index in [1.54, 1.807) is 12.4 Å². The Kier molecular flexibility index (Phi) is 4.98. The second kappa shape index (κ2) is 7.54. The molecule has 2 heterocycles. The third-order valence-corrected chi connectivity index (χ3v) is 5.71. The largest absolute Gasteiger partial charge is 0.336 e. The standard InChI is InChI=1S/C21H26N4O/c1-2-20-22-14-18(15-23-20)21(26)25-11-9-24(10-12-25)19-8-7-16-5-3-4-6-17(16)13-19/h3-6,14-15,19H,2,7-13H2,1H3/t19-/m0/s1. The van der Waals surface area contributed by atoms with Crippen LogP contribution in [-0.4, -0.2) is 57.9 Å². The van der Waals surface area contributed by atoms with Crippen LogP contribution in [0.4, 0.5) is 0 Å². The van der Waals surface area contributed by atoms with Gasteiger partial charge in [0.2, 0.25) is 0 Å². The lowest BCUT2D eigenvalue weighted by Gasteiger charge is -2.41. The Hall–Kier alpha value is -2.27. The van der Waals surface area contributed by atoms with Crippen LogP contribution in [-0.2, 0) is 19.3 Å². The van der Waals surface area contributed by atoms with Gasteiger partial charge in [-0.2, -0.15) is 0 Å².